The molecule has 8 nitrogen and oxygen atoms in total. The molecule has 2 aromatic rings. The summed E-state index contributed by atoms with van der Waals surface area (Å²) in [5.41, 5.74) is 1.55. The number of rotatable bonds is 6. The van der Waals surface area contributed by atoms with Crippen LogP contribution in [0.1, 0.15) is 18.9 Å². The maximum atomic E-state index is 13.4. The summed E-state index contributed by atoms with van der Waals surface area (Å²) in [6.07, 6.45) is -0.721. The Hall–Kier alpha value is -2.59. The molecule has 154 valence electrons. The minimum absolute atomic E-state index is 0.0200. The van der Waals surface area contributed by atoms with Crippen molar-refractivity contribution in [1.82, 2.24) is 0 Å². The highest BCUT2D eigenvalue weighted by Gasteiger charge is 2.40. The van der Waals surface area contributed by atoms with Crippen molar-refractivity contribution < 1.29 is 27.9 Å². The molecule has 0 bridgehead atoms. The van der Waals surface area contributed by atoms with Crippen LogP contribution in [0.5, 0.6) is 0 Å². The highest BCUT2D eigenvalue weighted by molar-refractivity contribution is 9.10. The fourth-order valence-corrected chi connectivity index (χ4v) is 5.20. The Bertz CT molecular complexity index is 1040. The van der Waals surface area contributed by atoms with Crippen LogP contribution < -0.4 is 9.62 Å². The number of halogens is 1. The van der Waals surface area contributed by atoms with Crippen molar-refractivity contribution in [2.45, 2.75) is 30.7 Å². The van der Waals surface area contributed by atoms with Crippen LogP contribution in [0.2, 0.25) is 0 Å². The summed E-state index contributed by atoms with van der Waals surface area (Å²) in [4.78, 5) is 23.0. The Balaban J connectivity index is 1.95. The summed E-state index contributed by atoms with van der Waals surface area (Å²) in [5, 5.41) is 11.3. The van der Waals surface area contributed by atoms with E-state index in [2.05, 4.69) is 26.0 Å². The maximum Gasteiger partial charge on any atom is 0.505 e. The first-order valence-corrected chi connectivity index (χ1v) is 11.1. The third-order valence-corrected chi connectivity index (χ3v) is 6.85. The average molecular weight is 483 g/mol. The van der Waals surface area contributed by atoms with Crippen LogP contribution in [0.4, 0.5) is 16.2 Å². The lowest BCUT2D eigenvalue weighted by Gasteiger charge is -2.36. The third-order valence-electron chi connectivity index (χ3n) is 4.52. The first-order chi connectivity index (χ1) is 13.7. The molecule has 3 rings (SSSR count). The highest BCUT2D eigenvalue weighted by atomic mass is 79.9. The van der Waals surface area contributed by atoms with E-state index in [1.165, 1.54) is 12.1 Å². The van der Waals surface area contributed by atoms with E-state index in [1.54, 1.807) is 37.3 Å². The molecule has 1 aliphatic rings. The number of nitrogens with one attached hydrogen (secondary N) is 1. The van der Waals surface area contributed by atoms with Gasteiger partial charge >= 0.3 is 6.16 Å². The van der Waals surface area contributed by atoms with Gasteiger partial charge in [0.1, 0.15) is 6.04 Å². The van der Waals surface area contributed by atoms with Crippen LogP contribution in [0.25, 0.3) is 0 Å². The molecular weight excluding hydrogens is 464 g/mol. The van der Waals surface area contributed by atoms with Crippen molar-refractivity contribution in [3.05, 3.63) is 52.5 Å². The SMILES string of the molecule is CC[C@H]1C(=O)Nc2cc(Br)ccc2N1S(=O)(=O)c1ccc(CCOC(=O)O)cc1. The summed E-state index contributed by atoms with van der Waals surface area (Å²) < 4.78 is 33.1. The van der Waals surface area contributed by atoms with Gasteiger partial charge in [-0.2, -0.15) is 0 Å². The van der Waals surface area contributed by atoms with Crippen LogP contribution in [-0.4, -0.2) is 38.2 Å². The van der Waals surface area contributed by atoms with E-state index < -0.39 is 22.2 Å². The fraction of sp³-hybridized carbons (Fsp3) is 0.263. The van der Waals surface area contributed by atoms with E-state index in [4.69, 9.17) is 5.11 Å². The van der Waals surface area contributed by atoms with Crippen molar-refractivity contribution in [2.75, 3.05) is 16.2 Å². The second kappa shape index (κ2) is 8.42. The average Bonchev–Trinajstić information content (AvgIpc) is 2.66. The molecule has 0 aliphatic carbocycles. The number of amides is 1. The molecule has 0 saturated carbocycles. The van der Waals surface area contributed by atoms with Gasteiger partial charge in [-0.3, -0.25) is 9.10 Å². The first kappa shape index (κ1) is 21.1. The van der Waals surface area contributed by atoms with Crippen molar-refractivity contribution in [3.8, 4) is 0 Å². The topological polar surface area (TPSA) is 113 Å². The van der Waals surface area contributed by atoms with Gasteiger partial charge < -0.3 is 15.2 Å². The lowest BCUT2D eigenvalue weighted by molar-refractivity contribution is -0.117. The zero-order valence-corrected chi connectivity index (χ0v) is 17.9. The summed E-state index contributed by atoms with van der Waals surface area (Å²) >= 11 is 3.33. The molecule has 0 radical (unpaired) electrons. The number of carbonyl (C=O) groups excluding carboxylic acids is 1. The molecule has 0 spiro atoms. The summed E-state index contributed by atoms with van der Waals surface area (Å²) in [5.74, 6) is -0.385. The van der Waals surface area contributed by atoms with Gasteiger partial charge in [0.15, 0.2) is 0 Å². The third kappa shape index (κ3) is 4.38. The fourth-order valence-electron chi connectivity index (χ4n) is 3.14. The zero-order chi connectivity index (χ0) is 21.2. The Kier molecular flexibility index (Phi) is 6.13. The first-order valence-electron chi connectivity index (χ1n) is 8.83. The molecule has 0 unspecified atom stereocenters. The van der Waals surface area contributed by atoms with E-state index in [-0.39, 0.29) is 17.4 Å². The van der Waals surface area contributed by atoms with Crippen molar-refractivity contribution in [3.63, 3.8) is 0 Å². The van der Waals surface area contributed by atoms with Crippen LogP contribution >= 0.6 is 15.9 Å². The summed E-state index contributed by atoms with van der Waals surface area (Å²) in [7, 11) is -4.00. The van der Waals surface area contributed by atoms with Crippen LogP contribution in [0.3, 0.4) is 0 Å². The molecule has 1 heterocycles. The second-order valence-corrected chi connectivity index (χ2v) is 9.11. The van der Waals surface area contributed by atoms with Gasteiger partial charge in [0.25, 0.3) is 10.0 Å². The highest BCUT2D eigenvalue weighted by Crippen LogP contribution is 2.38. The predicted octanol–water partition coefficient (Wildman–Crippen LogP) is 3.61. The lowest BCUT2D eigenvalue weighted by Crippen LogP contribution is -2.50. The van der Waals surface area contributed by atoms with Gasteiger partial charge in [0, 0.05) is 10.9 Å². The molecule has 2 aromatic carbocycles. The number of hydrogen-bond acceptors (Lipinski definition) is 5. The molecule has 0 aromatic heterocycles. The largest absolute Gasteiger partial charge is 0.505 e. The Morgan fingerprint density at radius 2 is 1.93 bits per heavy atom. The van der Waals surface area contributed by atoms with Crippen LogP contribution in [0.15, 0.2) is 51.8 Å². The van der Waals surface area contributed by atoms with Gasteiger partial charge in [-0.25, -0.2) is 13.2 Å². The molecule has 0 fully saturated rings. The zero-order valence-electron chi connectivity index (χ0n) is 15.5. The standard InChI is InChI=1S/C19H19BrN2O6S/c1-2-16-18(23)21-15-11-13(20)5-8-17(15)22(16)29(26,27)14-6-3-12(4-7-14)9-10-28-19(24)25/h3-8,11,16H,2,9-10H2,1H3,(H,21,23)(H,24,25)/t16-/m0/s1. The predicted molar refractivity (Wildman–Crippen MR) is 111 cm³/mol. The van der Waals surface area contributed by atoms with E-state index in [1.807, 2.05) is 0 Å². The van der Waals surface area contributed by atoms with Gasteiger partial charge in [-0.1, -0.05) is 35.0 Å². The molecule has 0 saturated heterocycles. The maximum absolute atomic E-state index is 13.4. The van der Waals surface area contributed by atoms with Crippen molar-refractivity contribution in [1.29, 1.82) is 0 Å². The van der Waals surface area contributed by atoms with Gasteiger partial charge in [0.05, 0.1) is 22.9 Å². The number of fused-ring (bicyclic) bond motifs is 1. The lowest BCUT2D eigenvalue weighted by atomic mass is 10.1. The van der Waals surface area contributed by atoms with E-state index in [0.717, 1.165) is 14.3 Å². The Labute approximate surface area is 176 Å². The van der Waals surface area contributed by atoms with Crippen LogP contribution in [-0.2, 0) is 26.0 Å². The summed E-state index contributed by atoms with van der Waals surface area (Å²) in [6.45, 7) is 1.73. The number of hydrogen-bond donors (Lipinski definition) is 2. The number of sulfonamides is 1. The number of carbonyl (C=O) groups is 2. The minimum Gasteiger partial charge on any atom is -0.450 e. The number of anilines is 2. The number of benzene rings is 2. The normalized spacial score (nSPS) is 16.1. The van der Waals surface area contributed by atoms with Gasteiger partial charge in [-0.15, -0.1) is 0 Å². The molecule has 2 N–H and O–H groups in total. The smallest absolute Gasteiger partial charge is 0.450 e. The molecule has 1 amide bonds. The second-order valence-electron chi connectivity index (χ2n) is 6.38. The van der Waals surface area contributed by atoms with Crippen molar-refractivity contribution in [2.24, 2.45) is 0 Å². The monoisotopic (exact) mass is 482 g/mol. The van der Waals surface area contributed by atoms with E-state index in [9.17, 15) is 18.0 Å². The number of carboxylic acid groups (broad SMARTS) is 1. The van der Waals surface area contributed by atoms with E-state index in [0.29, 0.717) is 24.2 Å². The van der Waals surface area contributed by atoms with Gasteiger partial charge in [0.2, 0.25) is 5.91 Å². The Morgan fingerprint density at radius 1 is 1.24 bits per heavy atom. The quantitative estimate of drug-likeness (QED) is 0.607. The number of ether oxygens (including phenoxy) is 1. The van der Waals surface area contributed by atoms with Crippen molar-refractivity contribution >= 4 is 49.4 Å². The molecule has 29 heavy (non-hydrogen) atoms. The Morgan fingerprint density at radius 3 is 2.55 bits per heavy atom. The molecular formula is C19H19BrN2O6S. The van der Waals surface area contributed by atoms with Gasteiger partial charge in [-0.05, 0) is 42.3 Å². The number of nitrogens with zero attached hydrogens (tertiary/aromatic N) is 1. The molecule has 1 aliphatic heterocycles. The van der Waals surface area contributed by atoms with Crippen LogP contribution in [0, 0.1) is 0 Å². The summed E-state index contributed by atoms with van der Waals surface area (Å²) in [6, 6.07) is 10.3. The molecule has 1 atom stereocenters. The minimum atomic E-state index is -4.00. The van der Waals surface area contributed by atoms with E-state index >= 15 is 0 Å². The molecule has 10 heteroatoms.